The lowest BCUT2D eigenvalue weighted by Crippen LogP contribution is -2.30. The van der Waals surface area contributed by atoms with Crippen molar-refractivity contribution in [3.05, 3.63) is 47.8 Å². The molecule has 0 aromatic carbocycles. The van der Waals surface area contributed by atoms with E-state index < -0.39 is 0 Å². The van der Waals surface area contributed by atoms with Crippen LogP contribution in [0, 0.1) is 6.92 Å². The number of imidazole rings is 1. The van der Waals surface area contributed by atoms with Crippen LogP contribution in [-0.4, -0.2) is 20.4 Å². The van der Waals surface area contributed by atoms with Crippen molar-refractivity contribution in [2.45, 2.75) is 26.3 Å². The van der Waals surface area contributed by atoms with E-state index in [-0.39, 0.29) is 11.9 Å². The monoisotopic (exact) mass is 258 g/mol. The minimum Gasteiger partial charge on any atom is -0.342 e. The van der Waals surface area contributed by atoms with E-state index in [0.717, 1.165) is 17.7 Å². The van der Waals surface area contributed by atoms with E-state index in [4.69, 9.17) is 0 Å². The third-order valence-corrected chi connectivity index (χ3v) is 3.06. The zero-order valence-corrected chi connectivity index (χ0v) is 11.4. The van der Waals surface area contributed by atoms with E-state index in [1.807, 2.05) is 26.0 Å². The first-order valence-corrected chi connectivity index (χ1v) is 6.31. The second-order valence-corrected chi connectivity index (χ2v) is 4.58. The summed E-state index contributed by atoms with van der Waals surface area (Å²) in [6, 6.07) is 3.86. The van der Waals surface area contributed by atoms with Crippen molar-refractivity contribution in [3.8, 4) is 0 Å². The number of aryl methyl sites for hydroxylation is 2. The summed E-state index contributed by atoms with van der Waals surface area (Å²) in [5.41, 5.74) is 2.57. The molecule has 0 saturated carbocycles. The van der Waals surface area contributed by atoms with Crippen molar-refractivity contribution in [1.29, 1.82) is 0 Å². The van der Waals surface area contributed by atoms with Gasteiger partial charge in [-0.05, 0) is 31.0 Å². The molecule has 0 saturated heterocycles. The summed E-state index contributed by atoms with van der Waals surface area (Å²) in [5.74, 6) is -0.129. The average molecular weight is 258 g/mol. The fraction of sp³-hybridized carbons (Fsp3) is 0.357. The van der Waals surface area contributed by atoms with E-state index in [9.17, 15) is 4.79 Å². The molecule has 0 bridgehead atoms. The zero-order valence-electron chi connectivity index (χ0n) is 11.4. The van der Waals surface area contributed by atoms with E-state index in [0.29, 0.717) is 5.69 Å². The summed E-state index contributed by atoms with van der Waals surface area (Å²) >= 11 is 0. The zero-order chi connectivity index (χ0) is 13.8. The van der Waals surface area contributed by atoms with Crippen LogP contribution in [0.3, 0.4) is 0 Å². The number of rotatable bonds is 4. The molecular weight excluding hydrogens is 240 g/mol. The minimum atomic E-state index is -0.129. The Morgan fingerprint density at radius 2 is 2.32 bits per heavy atom. The molecule has 2 aromatic rings. The molecule has 0 spiro atoms. The molecule has 5 heteroatoms. The normalized spacial score (nSPS) is 12.2. The first-order valence-electron chi connectivity index (χ1n) is 6.31. The first kappa shape index (κ1) is 13.3. The first-order chi connectivity index (χ1) is 9.11. The Labute approximate surface area is 112 Å². The van der Waals surface area contributed by atoms with Crippen molar-refractivity contribution in [1.82, 2.24) is 19.9 Å². The Morgan fingerprint density at radius 3 is 2.89 bits per heavy atom. The summed E-state index contributed by atoms with van der Waals surface area (Å²) in [7, 11) is 1.80. The van der Waals surface area contributed by atoms with Crippen molar-refractivity contribution in [2.75, 3.05) is 0 Å². The molecule has 0 aliphatic rings. The van der Waals surface area contributed by atoms with Gasteiger partial charge >= 0.3 is 0 Å². The van der Waals surface area contributed by atoms with Gasteiger partial charge in [-0.1, -0.05) is 6.92 Å². The topological polar surface area (TPSA) is 59.8 Å². The predicted octanol–water partition coefficient (Wildman–Crippen LogP) is 2.00. The lowest BCUT2D eigenvalue weighted by Gasteiger charge is -2.16. The van der Waals surface area contributed by atoms with Crippen LogP contribution >= 0.6 is 0 Å². The number of hydrogen-bond donors (Lipinski definition) is 1. The van der Waals surface area contributed by atoms with E-state index >= 15 is 0 Å². The van der Waals surface area contributed by atoms with Gasteiger partial charge in [0.25, 0.3) is 5.91 Å². The van der Waals surface area contributed by atoms with Gasteiger partial charge in [-0.15, -0.1) is 0 Å². The molecule has 5 nitrogen and oxygen atoms in total. The predicted molar refractivity (Wildman–Crippen MR) is 72.7 cm³/mol. The van der Waals surface area contributed by atoms with E-state index in [2.05, 4.69) is 15.3 Å². The lowest BCUT2D eigenvalue weighted by atomic mass is 10.1. The SMILES string of the molecule is CCC(NC(=O)c1cncn1C)c1cc(C)ccn1. The Morgan fingerprint density at radius 1 is 1.53 bits per heavy atom. The number of amides is 1. The summed E-state index contributed by atoms with van der Waals surface area (Å²) in [6.07, 6.45) is 5.73. The van der Waals surface area contributed by atoms with Crippen molar-refractivity contribution < 1.29 is 4.79 Å². The van der Waals surface area contributed by atoms with Crippen LogP contribution in [0.15, 0.2) is 30.9 Å². The smallest absolute Gasteiger partial charge is 0.270 e. The third kappa shape index (κ3) is 2.99. The number of nitrogens with zero attached hydrogens (tertiary/aromatic N) is 3. The largest absolute Gasteiger partial charge is 0.342 e. The van der Waals surface area contributed by atoms with E-state index in [1.165, 1.54) is 0 Å². The standard InChI is InChI=1S/C14H18N4O/c1-4-11(12-7-10(2)5-6-16-12)17-14(19)13-8-15-9-18(13)3/h5-9,11H,4H2,1-3H3,(H,17,19). The second kappa shape index (κ2) is 5.65. The number of hydrogen-bond acceptors (Lipinski definition) is 3. The van der Waals surface area contributed by atoms with Crippen molar-refractivity contribution in [3.63, 3.8) is 0 Å². The molecule has 19 heavy (non-hydrogen) atoms. The quantitative estimate of drug-likeness (QED) is 0.912. The molecule has 1 amide bonds. The van der Waals surface area contributed by atoms with Crippen LogP contribution in [0.25, 0.3) is 0 Å². The van der Waals surface area contributed by atoms with Gasteiger partial charge in [-0.2, -0.15) is 0 Å². The molecule has 0 fully saturated rings. The molecule has 0 aliphatic carbocycles. The van der Waals surface area contributed by atoms with Gasteiger partial charge in [0.1, 0.15) is 5.69 Å². The molecule has 2 heterocycles. The molecule has 2 aromatic heterocycles. The van der Waals surface area contributed by atoms with Crippen molar-refractivity contribution in [2.24, 2.45) is 7.05 Å². The van der Waals surface area contributed by atoms with Crippen LogP contribution in [-0.2, 0) is 7.05 Å². The highest BCUT2D eigenvalue weighted by molar-refractivity contribution is 5.92. The molecule has 100 valence electrons. The fourth-order valence-corrected chi connectivity index (χ4v) is 1.94. The van der Waals surface area contributed by atoms with Gasteiger partial charge < -0.3 is 9.88 Å². The van der Waals surface area contributed by atoms with Crippen LogP contribution in [0.4, 0.5) is 0 Å². The maximum atomic E-state index is 12.2. The number of aromatic nitrogens is 3. The summed E-state index contributed by atoms with van der Waals surface area (Å²) < 4.78 is 1.70. The Hall–Kier alpha value is -2.17. The Balaban J connectivity index is 2.16. The molecule has 1 unspecified atom stereocenters. The maximum absolute atomic E-state index is 12.2. The van der Waals surface area contributed by atoms with Crippen LogP contribution in [0.2, 0.25) is 0 Å². The molecular formula is C14H18N4O. The fourth-order valence-electron chi connectivity index (χ4n) is 1.94. The highest BCUT2D eigenvalue weighted by Gasteiger charge is 2.17. The number of carbonyl (C=O) groups excluding carboxylic acids is 1. The number of pyridine rings is 1. The molecule has 0 radical (unpaired) electrons. The van der Waals surface area contributed by atoms with E-state index in [1.54, 1.807) is 30.3 Å². The molecule has 1 N–H and O–H groups in total. The Bertz CT molecular complexity index is 576. The highest BCUT2D eigenvalue weighted by atomic mass is 16.2. The third-order valence-electron chi connectivity index (χ3n) is 3.06. The average Bonchev–Trinajstić information content (AvgIpc) is 2.82. The van der Waals surface area contributed by atoms with Crippen LogP contribution in [0.5, 0.6) is 0 Å². The van der Waals surface area contributed by atoms with Crippen molar-refractivity contribution >= 4 is 5.91 Å². The second-order valence-electron chi connectivity index (χ2n) is 4.58. The van der Waals surface area contributed by atoms with Gasteiger partial charge in [-0.25, -0.2) is 4.98 Å². The molecule has 1 atom stereocenters. The van der Waals surface area contributed by atoms with Gasteiger partial charge in [0.05, 0.1) is 24.3 Å². The lowest BCUT2D eigenvalue weighted by molar-refractivity contribution is 0.0926. The van der Waals surface area contributed by atoms with Crippen LogP contribution in [0.1, 0.15) is 41.1 Å². The molecule has 0 aliphatic heterocycles. The maximum Gasteiger partial charge on any atom is 0.270 e. The van der Waals surface area contributed by atoms with Gasteiger partial charge in [0, 0.05) is 13.2 Å². The number of carbonyl (C=O) groups is 1. The summed E-state index contributed by atoms with van der Waals surface area (Å²) in [4.78, 5) is 20.4. The van der Waals surface area contributed by atoms with Crippen LogP contribution < -0.4 is 5.32 Å². The summed E-state index contributed by atoms with van der Waals surface area (Å²) in [6.45, 7) is 4.04. The Kier molecular flexibility index (Phi) is 3.94. The van der Waals surface area contributed by atoms with Gasteiger partial charge in [0.15, 0.2) is 0 Å². The molecule has 2 rings (SSSR count). The minimum absolute atomic E-state index is 0.0812. The summed E-state index contributed by atoms with van der Waals surface area (Å²) in [5, 5.41) is 2.99. The van der Waals surface area contributed by atoms with Gasteiger partial charge in [-0.3, -0.25) is 9.78 Å². The highest BCUT2D eigenvalue weighted by Crippen LogP contribution is 2.15. The number of nitrogens with one attached hydrogen (secondary N) is 1. The van der Waals surface area contributed by atoms with Gasteiger partial charge in [0.2, 0.25) is 0 Å².